The Hall–Kier alpha value is -2.11. The van der Waals surface area contributed by atoms with Crippen LogP contribution < -0.4 is 5.32 Å². The molecular weight excluding hydrogens is 352 g/mol. The summed E-state index contributed by atoms with van der Waals surface area (Å²) in [7, 11) is 0. The summed E-state index contributed by atoms with van der Waals surface area (Å²) >= 11 is 0. The number of amides is 2. The zero-order chi connectivity index (χ0) is 19.3. The minimum absolute atomic E-state index is 0.132. The van der Waals surface area contributed by atoms with Gasteiger partial charge >= 0.3 is 0 Å². The van der Waals surface area contributed by atoms with Crippen LogP contribution in [-0.4, -0.2) is 39.6 Å². The SMILES string of the molecule is O=C(Nc1ccnn1C1CCN(C(=O)CC2=CCCCC2)CC1)C1CCCC1. The monoisotopic (exact) mass is 384 g/mol. The summed E-state index contributed by atoms with van der Waals surface area (Å²) in [5, 5.41) is 7.56. The molecule has 1 saturated heterocycles. The van der Waals surface area contributed by atoms with Gasteiger partial charge in [-0.2, -0.15) is 5.10 Å². The van der Waals surface area contributed by atoms with Crippen LogP contribution in [0.25, 0.3) is 0 Å². The van der Waals surface area contributed by atoms with Gasteiger partial charge in [0, 0.05) is 31.5 Å². The molecule has 0 bridgehead atoms. The summed E-state index contributed by atoms with van der Waals surface area (Å²) in [5.41, 5.74) is 1.32. The average molecular weight is 385 g/mol. The van der Waals surface area contributed by atoms with Gasteiger partial charge in [0.2, 0.25) is 11.8 Å². The molecule has 0 atom stereocenters. The van der Waals surface area contributed by atoms with Gasteiger partial charge in [-0.15, -0.1) is 0 Å². The molecule has 6 nitrogen and oxygen atoms in total. The number of likely N-dealkylation sites (tertiary alicyclic amines) is 1. The Bertz CT molecular complexity index is 725. The Kier molecular flexibility index (Phi) is 6.13. The molecule has 0 spiro atoms. The fraction of sp³-hybridized carbons (Fsp3) is 0.682. The molecule has 6 heteroatoms. The van der Waals surface area contributed by atoms with Crippen LogP contribution in [0.15, 0.2) is 23.9 Å². The lowest BCUT2D eigenvalue weighted by Gasteiger charge is -2.33. The number of anilines is 1. The number of hydrogen-bond acceptors (Lipinski definition) is 3. The predicted molar refractivity (Wildman–Crippen MR) is 109 cm³/mol. The zero-order valence-electron chi connectivity index (χ0n) is 16.7. The van der Waals surface area contributed by atoms with E-state index in [9.17, 15) is 9.59 Å². The third kappa shape index (κ3) is 4.47. The molecule has 1 N–H and O–H groups in total. The van der Waals surface area contributed by atoms with Gasteiger partial charge in [0.15, 0.2) is 0 Å². The predicted octanol–water partition coefficient (Wildman–Crippen LogP) is 4.07. The highest BCUT2D eigenvalue weighted by Gasteiger charge is 2.28. The molecule has 152 valence electrons. The molecular formula is C22H32N4O2. The molecule has 1 saturated carbocycles. The van der Waals surface area contributed by atoms with Gasteiger partial charge in [-0.05, 0) is 51.4 Å². The fourth-order valence-electron chi connectivity index (χ4n) is 4.85. The molecule has 2 heterocycles. The third-order valence-electron chi connectivity index (χ3n) is 6.57. The van der Waals surface area contributed by atoms with E-state index < -0.39 is 0 Å². The number of allylic oxidation sites excluding steroid dienone is 1. The minimum atomic E-state index is 0.132. The number of hydrogen-bond donors (Lipinski definition) is 1. The van der Waals surface area contributed by atoms with Crippen LogP contribution in [-0.2, 0) is 9.59 Å². The number of aromatic nitrogens is 2. The second kappa shape index (κ2) is 8.93. The maximum Gasteiger partial charge on any atom is 0.228 e. The first kappa shape index (κ1) is 19.2. The van der Waals surface area contributed by atoms with Crippen LogP contribution in [0.1, 0.15) is 76.7 Å². The molecule has 2 amide bonds. The van der Waals surface area contributed by atoms with Crippen molar-refractivity contribution in [3.05, 3.63) is 23.9 Å². The van der Waals surface area contributed by atoms with Crippen molar-refractivity contribution in [2.24, 2.45) is 5.92 Å². The fourth-order valence-corrected chi connectivity index (χ4v) is 4.85. The van der Waals surface area contributed by atoms with Crippen molar-refractivity contribution in [1.82, 2.24) is 14.7 Å². The van der Waals surface area contributed by atoms with Crippen LogP contribution in [0, 0.1) is 5.92 Å². The summed E-state index contributed by atoms with van der Waals surface area (Å²) < 4.78 is 1.96. The molecule has 2 aliphatic carbocycles. The van der Waals surface area contributed by atoms with E-state index in [1.807, 2.05) is 15.6 Å². The number of nitrogens with zero attached hydrogens (tertiary/aromatic N) is 3. The quantitative estimate of drug-likeness (QED) is 0.778. The van der Waals surface area contributed by atoms with Gasteiger partial charge in [0.1, 0.15) is 5.82 Å². The Morgan fingerprint density at radius 1 is 1.07 bits per heavy atom. The van der Waals surface area contributed by atoms with Crippen molar-refractivity contribution in [3.63, 3.8) is 0 Å². The molecule has 3 aliphatic rings. The first-order valence-corrected chi connectivity index (χ1v) is 11.0. The summed E-state index contributed by atoms with van der Waals surface area (Å²) in [4.78, 5) is 27.1. The maximum atomic E-state index is 12.6. The maximum absolute atomic E-state index is 12.6. The van der Waals surface area contributed by atoms with E-state index in [1.54, 1.807) is 6.20 Å². The van der Waals surface area contributed by atoms with Gasteiger partial charge in [-0.25, -0.2) is 4.68 Å². The van der Waals surface area contributed by atoms with Crippen molar-refractivity contribution in [2.45, 2.75) is 76.7 Å². The second-order valence-electron chi connectivity index (χ2n) is 8.53. The van der Waals surface area contributed by atoms with Gasteiger partial charge in [0.05, 0.1) is 12.2 Å². The van der Waals surface area contributed by atoms with Gasteiger partial charge in [-0.3, -0.25) is 9.59 Å². The van der Waals surface area contributed by atoms with Crippen molar-refractivity contribution in [2.75, 3.05) is 18.4 Å². The molecule has 0 radical (unpaired) electrons. The third-order valence-corrected chi connectivity index (χ3v) is 6.57. The number of carbonyl (C=O) groups is 2. The van der Waals surface area contributed by atoms with Crippen LogP contribution in [0.2, 0.25) is 0 Å². The molecule has 4 rings (SSSR count). The molecule has 0 aromatic carbocycles. The molecule has 1 aromatic rings. The highest BCUT2D eigenvalue weighted by molar-refractivity contribution is 5.91. The van der Waals surface area contributed by atoms with E-state index in [2.05, 4.69) is 16.5 Å². The molecule has 0 unspecified atom stereocenters. The molecule has 2 fully saturated rings. The van der Waals surface area contributed by atoms with E-state index in [0.717, 1.165) is 70.3 Å². The number of rotatable bonds is 5. The van der Waals surface area contributed by atoms with Gasteiger partial charge < -0.3 is 10.2 Å². The second-order valence-corrected chi connectivity index (χ2v) is 8.53. The molecule has 1 aromatic heterocycles. The first-order valence-electron chi connectivity index (χ1n) is 11.0. The van der Waals surface area contributed by atoms with E-state index in [-0.39, 0.29) is 23.8 Å². The van der Waals surface area contributed by atoms with Crippen molar-refractivity contribution >= 4 is 17.6 Å². The van der Waals surface area contributed by atoms with Crippen LogP contribution in [0.3, 0.4) is 0 Å². The summed E-state index contributed by atoms with van der Waals surface area (Å²) in [6.07, 6.45) is 15.4. The van der Waals surface area contributed by atoms with Crippen LogP contribution in [0.4, 0.5) is 5.82 Å². The molecule has 1 aliphatic heterocycles. The first-order chi connectivity index (χ1) is 13.7. The zero-order valence-corrected chi connectivity index (χ0v) is 16.7. The van der Waals surface area contributed by atoms with Crippen LogP contribution in [0.5, 0.6) is 0 Å². The summed E-state index contributed by atoms with van der Waals surface area (Å²) in [6, 6.07) is 2.13. The van der Waals surface area contributed by atoms with Crippen molar-refractivity contribution in [1.29, 1.82) is 0 Å². The lowest BCUT2D eigenvalue weighted by molar-refractivity contribution is -0.131. The Balaban J connectivity index is 1.30. The van der Waals surface area contributed by atoms with E-state index in [0.29, 0.717) is 6.42 Å². The normalized spacial score (nSPS) is 21.6. The Labute approximate surface area is 167 Å². The number of carbonyl (C=O) groups excluding carboxylic acids is 2. The topological polar surface area (TPSA) is 67.2 Å². The van der Waals surface area contributed by atoms with Crippen LogP contribution >= 0.6 is 0 Å². The highest BCUT2D eigenvalue weighted by atomic mass is 16.2. The van der Waals surface area contributed by atoms with Crippen molar-refractivity contribution < 1.29 is 9.59 Å². The Morgan fingerprint density at radius 3 is 2.57 bits per heavy atom. The molecule has 28 heavy (non-hydrogen) atoms. The lowest BCUT2D eigenvalue weighted by Crippen LogP contribution is -2.39. The average Bonchev–Trinajstić information content (AvgIpc) is 3.41. The number of nitrogens with one attached hydrogen (secondary N) is 1. The van der Waals surface area contributed by atoms with E-state index in [1.165, 1.54) is 18.4 Å². The van der Waals surface area contributed by atoms with E-state index in [4.69, 9.17) is 0 Å². The van der Waals surface area contributed by atoms with Crippen molar-refractivity contribution in [3.8, 4) is 0 Å². The standard InChI is InChI=1S/C22H32N4O2/c27-21(16-17-6-2-1-3-7-17)25-14-11-19(12-15-25)26-20(10-13-23-26)24-22(28)18-8-4-5-9-18/h6,10,13,18-19H,1-5,7-9,11-12,14-16H2,(H,24,28). The largest absolute Gasteiger partial charge is 0.342 e. The van der Waals surface area contributed by atoms with E-state index >= 15 is 0 Å². The minimum Gasteiger partial charge on any atom is -0.342 e. The smallest absolute Gasteiger partial charge is 0.228 e. The Morgan fingerprint density at radius 2 is 1.86 bits per heavy atom. The lowest BCUT2D eigenvalue weighted by atomic mass is 9.96. The highest BCUT2D eigenvalue weighted by Crippen LogP contribution is 2.29. The van der Waals surface area contributed by atoms with Gasteiger partial charge in [0.25, 0.3) is 0 Å². The number of piperidine rings is 1. The summed E-state index contributed by atoms with van der Waals surface area (Å²) in [5.74, 6) is 1.35. The summed E-state index contributed by atoms with van der Waals surface area (Å²) in [6.45, 7) is 1.54. The van der Waals surface area contributed by atoms with Gasteiger partial charge in [-0.1, -0.05) is 24.5 Å².